The Morgan fingerprint density at radius 2 is 2.30 bits per heavy atom. The van der Waals surface area contributed by atoms with Crippen molar-refractivity contribution >= 4 is 23.6 Å². The molecule has 1 N–H and O–H groups in total. The molecular weight excluding hydrogens is 276 g/mol. The Hall–Kier alpha value is -0.750. The summed E-state index contributed by atoms with van der Waals surface area (Å²) in [5, 5.41) is 9.46. The highest BCUT2D eigenvalue weighted by Crippen LogP contribution is 2.47. The summed E-state index contributed by atoms with van der Waals surface area (Å²) < 4.78 is 0. The first-order valence-corrected chi connectivity index (χ1v) is 8.43. The van der Waals surface area contributed by atoms with E-state index in [1.165, 1.54) is 0 Å². The number of aliphatic hydroxyl groups is 1. The van der Waals surface area contributed by atoms with Gasteiger partial charge in [0, 0.05) is 18.7 Å². The molecule has 0 aromatic heterocycles. The third kappa shape index (κ3) is 2.13. The molecule has 0 aliphatic carbocycles. The molecule has 6 heteroatoms. The lowest BCUT2D eigenvalue weighted by Crippen LogP contribution is -2.55. The molecule has 0 aromatic carbocycles. The zero-order valence-corrected chi connectivity index (χ0v) is 12.7. The summed E-state index contributed by atoms with van der Waals surface area (Å²) in [4.78, 5) is 28.3. The topological polar surface area (TPSA) is 60.9 Å². The minimum absolute atomic E-state index is 0.0246. The van der Waals surface area contributed by atoms with Crippen LogP contribution in [0.2, 0.25) is 0 Å². The van der Waals surface area contributed by atoms with E-state index in [4.69, 9.17) is 0 Å². The Balaban J connectivity index is 1.78. The fraction of sp³-hybridized carbons (Fsp3) is 0.857. The number of carbonyl (C=O) groups excluding carboxylic acids is 2. The van der Waals surface area contributed by atoms with Crippen LogP contribution >= 0.6 is 11.8 Å². The van der Waals surface area contributed by atoms with Crippen molar-refractivity contribution in [2.75, 3.05) is 18.9 Å². The third-order valence-electron chi connectivity index (χ3n) is 4.85. The number of hydrogen-bond donors (Lipinski definition) is 1. The van der Waals surface area contributed by atoms with Crippen molar-refractivity contribution in [3.63, 3.8) is 0 Å². The molecule has 3 saturated heterocycles. The van der Waals surface area contributed by atoms with Gasteiger partial charge in [0.1, 0.15) is 6.04 Å². The quantitative estimate of drug-likeness (QED) is 0.820. The summed E-state index contributed by atoms with van der Waals surface area (Å²) in [6, 6.07) is -0.391. The van der Waals surface area contributed by atoms with Crippen LogP contribution in [-0.4, -0.2) is 62.6 Å². The molecule has 3 heterocycles. The first kappa shape index (κ1) is 14.2. The SMILES string of the molecule is CC12CCC(=O)N1C(C(=O)N1CCCCC1CO)CS2. The monoisotopic (exact) mass is 298 g/mol. The van der Waals surface area contributed by atoms with Gasteiger partial charge in [-0.1, -0.05) is 0 Å². The van der Waals surface area contributed by atoms with Crippen LogP contribution in [0.4, 0.5) is 0 Å². The molecule has 2 amide bonds. The number of carbonyl (C=O) groups is 2. The van der Waals surface area contributed by atoms with Gasteiger partial charge < -0.3 is 14.9 Å². The van der Waals surface area contributed by atoms with Gasteiger partial charge in [0.05, 0.1) is 17.5 Å². The zero-order chi connectivity index (χ0) is 14.3. The van der Waals surface area contributed by atoms with Crippen molar-refractivity contribution in [1.82, 2.24) is 9.80 Å². The molecular formula is C14H22N2O3S. The molecule has 112 valence electrons. The molecule has 5 nitrogen and oxygen atoms in total. The molecule has 0 saturated carbocycles. The highest BCUT2D eigenvalue weighted by molar-refractivity contribution is 8.01. The average molecular weight is 298 g/mol. The molecule has 3 rings (SSSR count). The van der Waals surface area contributed by atoms with Crippen molar-refractivity contribution in [2.24, 2.45) is 0 Å². The fourth-order valence-electron chi connectivity index (χ4n) is 3.68. The maximum Gasteiger partial charge on any atom is 0.246 e. The van der Waals surface area contributed by atoms with E-state index in [-0.39, 0.29) is 35.4 Å². The van der Waals surface area contributed by atoms with E-state index in [0.717, 1.165) is 25.7 Å². The Bertz CT molecular complexity index is 431. The smallest absolute Gasteiger partial charge is 0.246 e. The summed E-state index contributed by atoms with van der Waals surface area (Å²) >= 11 is 1.72. The summed E-state index contributed by atoms with van der Waals surface area (Å²) in [5.41, 5.74) is 0. The molecule has 3 unspecified atom stereocenters. The predicted molar refractivity (Wildman–Crippen MR) is 77.2 cm³/mol. The van der Waals surface area contributed by atoms with Crippen LogP contribution in [0, 0.1) is 0 Å². The maximum absolute atomic E-state index is 12.8. The second-order valence-electron chi connectivity index (χ2n) is 6.13. The van der Waals surface area contributed by atoms with Gasteiger partial charge in [-0.3, -0.25) is 9.59 Å². The molecule has 0 bridgehead atoms. The lowest BCUT2D eigenvalue weighted by molar-refractivity contribution is -0.147. The highest BCUT2D eigenvalue weighted by atomic mass is 32.2. The van der Waals surface area contributed by atoms with E-state index >= 15 is 0 Å². The van der Waals surface area contributed by atoms with Crippen molar-refractivity contribution < 1.29 is 14.7 Å². The summed E-state index contributed by atoms with van der Waals surface area (Å²) in [6.07, 6.45) is 4.32. The fourth-order valence-corrected chi connectivity index (χ4v) is 5.10. The van der Waals surface area contributed by atoms with E-state index in [2.05, 4.69) is 6.92 Å². The summed E-state index contributed by atoms with van der Waals surface area (Å²) in [7, 11) is 0. The number of aliphatic hydroxyl groups excluding tert-OH is 1. The molecule has 3 atom stereocenters. The van der Waals surface area contributed by atoms with E-state index in [1.54, 1.807) is 11.8 Å². The average Bonchev–Trinajstić information content (AvgIpc) is 2.95. The Labute approximate surface area is 123 Å². The molecule has 3 aliphatic rings. The number of fused-ring (bicyclic) bond motifs is 1. The lowest BCUT2D eigenvalue weighted by Gasteiger charge is -2.38. The number of amides is 2. The van der Waals surface area contributed by atoms with E-state index in [1.807, 2.05) is 9.80 Å². The molecule has 0 aromatic rings. The van der Waals surface area contributed by atoms with Crippen LogP contribution in [0.15, 0.2) is 0 Å². The number of likely N-dealkylation sites (tertiary alicyclic amines) is 1. The van der Waals surface area contributed by atoms with Crippen LogP contribution in [0.5, 0.6) is 0 Å². The Kier molecular flexibility index (Phi) is 3.71. The van der Waals surface area contributed by atoms with Crippen molar-refractivity contribution in [3.05, 3.63) is 0 Å². The Morgan fingerprint density at radius 3 is 3.05 bits per heavy atom. The third-order valence-corrected chi connectivity index (χ3v) is 6.36. The standard InChI is InChI=1S/C14H22N2O3S/c1-14-6-5-12(18)16(14)11(9-20-14)13(19)15-7-3-2-4-10(15)8-17/h10-11,17H,2-9H2,1H3. The van der Waals surface area contributed by atoms with Gasteiger partial charge in [-0.15, -0.1) is 11.8 Å². The first-order chi connectivity index (χ1) is 9.57. The largest absolute Gasteiger partial charge is 0.394 e. The van der Waals surface area contributed by atoms with Gasteiger partial charge in [0.25, 0.3) is 0 Å². The summed E-state index contributed by atoms with van der Waals surface area (Å²) in [5.74, 6) is 0.832. The first-order valence-electron chi connectivity index (χ1n) is 7.44. The van der Waals surface area contributed by atoms with Crippen LogP contribution in [-0.2, 0) is 9.59 Å². The van der Waals surface area contributed by atoms with Crippen LogP contribution in [0.25, 0.3) is 0 Å². The van der Waals surface area contributed by atoms with Gasteiger partial charge in [-0.2, -0.15) is 0 Å². The molecule has 0 radical (unpaired) electrons. The van der Waals surface area contributed by atoms with Gasteiger partial charge in [-0.05, 0) is 32.6 Å². The number of rotatable bonds is 2. The minimum Gasteiger partial charge on any atom is -0.394 e. The van der Waals surface area contributed by atoms with Gasteiger partial charge >= 0.3 is 0 Å². The van der Waals surface area contributed by atoms with E-state index in [9.17, 15) is 14.7 Å². The Morgan fingerprint density at radius 1 is 1.50 bits per heavy atom. The predicted octanol–water partition coefficient (Wildman–Crippen LogP) is 0.814. The lowest BCUT2D eigenvalue weighted by atomic mass is 10.0. The second kappa shape index (κ2) is 5.22. The van der Waals surface area contributed by atoms with Crippen molar-refractivity contribution in [2.45, 2.75) is 56.0 Å². The number of thioether (sulfide) groups is 1. The molecule has 0 spiro atoms. The zero-order valence-electron chi connectivity index (χ0n) is 11.9. The number of piperidine rings is 1. The second-order valence-corrected chi connectivity index (χ2v) is 7.63. The van der Waals surface area contributed by atoms with Crippen molar-refractivity contribution in [3.8, 4) is 0 Å². The maximum atomic E-state index is 12.8. The van der Waals surface area contributed by atoms with Gasteiger partial charge in [-0.25, -0.2) is 0 Å². The van der Waals surface area contributed by atoms with E-state index in [0.29, 0.717) is 18.7 Å². The number of hydrogen-bond acceptors (Lipinski definition) is 4. The molecule has 3 fully saturated rings. The van der Waals surface area contributed by atoms with Gasteiger partial charge in [0.2, 0.25) is 11.8 Å². The molecule has 3 aliphatic heterocycles. The normalized spacial score (nSPS) is 37.4. The summed E-state index contributed by atoms with van der Waals surface area (Å²) in [6.45, 7) is 2.80. The van der Waals surface area contributed by atoms with Crippen LogP contribution < -0.4 is 0 Å². The highest BCUT2D eigenvalue weighted by Gasteiger charge is 2.54. The van der Waals surface area contributed by atoms with Crippen molar-refractivity contribution in [1.29, 1.82) is 0 Å². The van der Waals surface area contributed by atoms with Crippen LogP contribution in [0.3, 0.4) is 0 Å². The number of nitrogens with zero attached hydrogens (tertiary/aromatic N) is 2. The van der Waals surface area contributed by atoms with Gasteiger partial charge in [0.15, 0.2) is 0 Å². The minimum atomic E-state index is -0.327. The van der Waals surface area contributed by atoms with E-state index < -0.39 is 0 Å². The molecule has 20 heavy (non-hydrogen) atoms. The van der Waals surface area contributed by atoms with Crippen LogP contribution in [0.1, 0.15) is 39.0 Å².